The van der Waals surface area contributed by atoms with Crippen LogP contribution in [0, 0.1) is 11.3 Å². The molecule has 0 fully saturated rings. The average molecular weight is 398 g/mol. The number of nitrogen functional groups attached to an aromatic ring is 1. The Bertz CT molecular complexity index is 980. The third-order valence-corrected chi connectivity index (χ3v) is 5.76. The summed E-state index contributed by atoms with van der Waals surface area (Å²) in [5.74, 6) is 1.58. The maximum Gasteiger partial charge on any atom is 0.142 e. The van der Waals surface area contributed by atoms with Gasteiger partial charge in [-0.15, -0.1) is 11.3 Å². The van der Waals surface area contributed by atoms with E-state index in [2.05, 4.69) is 22.2 Å². The van der Waals surface area contributed by atoms with Gasteiger partial charge in [-0.2, -0.15) is 0 Å². The summed E-state index contributed by atoms with van der Waals surface area (Å²) in [6, 6.07) is 5.60. The van der Waals surface area contributed by atoms with Crippen molar-refractivity contribution < 1.29 is 5.11 Å². The van der Waals surface area contributed by atoms with E-state index in [4.69, 9.17) is 16.2 Å². The topological polar surface area (TPSA) is 108 Å². The van der Waals surface area contributed by atoms with Crippen LogP contribution in [0.25, 0.3) is 10.2 Å². The van der Waals surface area contributed by atoms with Gasteiger partial charge in [0.25, 0.3) is 0 Å². The first kappa shape index (κ1) is 20.2. The molecule has 0 aliphatic heterocycles. The van der Waals surface area contributed by atoms with Gasteiger partial charge in [0.15, 0.2) is 0 Å². The molecule has 2 heterocycles. The molecule has 0 amide bonds. The molecule has 0 saturated heterocycles. The van der Waals surface area contributed by atoms with E-state index in [0.29, 0.717) is 11.3 Å². The van der Waals surface area contributed by atoms with Crippen LogP contribution in [0.5, 0.6) is 0 Å². The lowest BCUT2D eigenvalue weighted by atomic mass is 9.89. The minimum atomic E-state index is -0.167. The van der Waals surface area contributed by atoms with Gasteiger partial charge < -0.3 is 21.6 Å². The molecule has 1 unspecified atom stereocenters. The van der Waals surface area contributed by atoms with Crippen molar-refractivity contribution >= 4 is 45.0 Å². The Morgan fingerprint density at radius 1 is 1.36 bits per heavy atom. The van der Waals surface area contributed by atoms with E-state index in [0.717, 1.165) is 40.5 Å². The largest absolute Gasteiger partial charge is 0.398 e. The van der Waals surface area contributed by atoms with Gasteiger partial charge in [-0.3, -0.25) is 0 Å². The summed E-state index contributed by atoms with van der Waals surface area (Å²) in [4.78, 5) is 11.4. The maximum absolute atomic E-state index is 8.06. The van der Waals surface area contributed by atoms with Crippen molar-refractivity contribution in [1.29, 1.82) is 5.41 Å². The van der Waals surface area contributed by atoms with Gasteiger partial charge in [-0.1, -0.05) is 6.92 Å². The molecule has 1 aliphatic rings. The number of aryl methyl sites for hydroxylation is 1. The predicted molar refractivity (Wildman–Crippen MR) is 118 cm³/mol. The third kappa shape index (κ3) is 4.48. The van der Waals surface area contributed by atoms with Gasteiger partial charge in [0.05, 0.1) is 5.39 Å². The molecule has 0 saturated carbocycles. The predicted octanol–water partition coefficient (Wildman–Crippen LogP) is 4.53. The summed E-state index contributed by atoms with van der Waals surface area (Å²) in [6.45, 7) is 5.76. The van der Waals surface area contributed by atoms with E-state index < -0.39 is 0 Å². The van der Waals surface area contributed by atoms with Crippen LogP contribution in [0.4, 0.5) is 17.2 Å². The zero-order chi connectivity index (χ0) is 20.3. The van der Waals surface area contributed by atoms with Gasteiger partial charge in [0.2, 0.25) is 0 Å². The van der Waals surface area contributed by atoms with Crippen molar-refractivity contribution in [3.63, 3.8) is 0 Å². The van der Waals surface area contributed by atoms with Crippen LogP contribution < -0.4 is 11.1 Å². The number of aliphatic hydroxyl groups excluding tert-OH is 1. The fourth-order valence-electron chi connectivity index (χ4n) is 3.28. The quantitative estimate of drug-likeness (QED) is 0.384. The molecule has 148 valence electrons. The van der Waals surface area contributed by atoms with Crippen molar-refractivity contribution in [3.8, 4) is 0 Å². The van der Waals surface area contributed by atoms with E-state index in [9.17, 15) is 0 Å². The number of hydrogen-bond acceptors (Lipinski definition) is 7. The van der Waals surface area contributed by atoms with Gasteiger partial charge in [-0.25, -0.2) is 9.97 Å². The van der Waals surface area contributed by atoms with Crippen molar-refractivity contribution in [1.82, 2.24) is 9.97 Å². The summed E-state index contributed by atoms with van der Waals surface area (Å²) < 4.78 is 0. The minimum absolute atomic E-state index is 0.167. The number of hydrogen-bond donors (Lipinski definition) is 4. The lowest BCUT2D eigenvalue weighted by Crippen LogP contribution is -2.09. The van der Waals surface area contributed by atoms with Gasteiger partial charge in [0, 0.05) is 34.1 Å². The second-order valence-corrected chi connectivity index (χ2v) is 8.54. The molecule has 3 aromatic rings. The summed E-state index contributed by atoms with van der Waals surface area (Å²) in [5, 5.41) is 20.1. The molecule has 0 radical (unpaired) electrons. The SMILES string of the molecule is CC(C)O.CC1CCc2c(sc3ncnc(Nc4ccc(N)c(C=N)c4)c23)C1. The Kier molecular flexibility index (Phi) is 6.26. The van der Waals surface area contributed by atoms with Gasteiger partial charge in [-0.05, 0) is 62.8 Å². The van der Waals surface area contributed by atoms with Crippen LogP contribution in [-0.2, 0) is 12.8 Å². The third-order valence-electron chi connectivity index (χ3n) is 4.60. The fourth-order valence-corrected chi connectivity index (χ4v) is 4.63. The number of nitrogens with two attached hydrogens (primary N) is 1. The Hall–Kier alpha value is -2.51. The smallest absolute Gasteiger partial charge is 0.142 e. The van der Waals surface area contributed by atoms with Crippen LogP contribution >= 0.6 is 11.3 Å². The number of nitrogens with one attached hydrogen (secondary N) is 2. The molecule has 0 bridgehead atoms. The highest BCUT2D eigenvalue weighted by atomic mass is 32.1. The van der Waals surface area contributed by atoms with Crippen LogP contribution in [0.1, 0.15) is 43.2 Å². The lowest BCUT2D eigenvalue weighted by Gasteiger charge is -2.18. The molecule has 28 heavy (non-hydrogen) atoms. The second kappa shape index (κ2) is 8.67. The highest BCUT2D eigenvalue weighted by Gasteiger charge is 2.23. The number of fused-ring (bicyclic) bond motifs is 3. The first-order valence-electron chi connectivity index (χ1n) is 9.49. The van der Waals surface area contributed by atoms with E-state index in [1.54, 1.807) is 31.5 Å². The first-order valence-corrected chi connectivity index (χ1v) is 10.3. The normalized spacial score (nSPS) is 15.7. The Labute approximate surface area is 169 Å². The number of aliphatic hydroxyl groups is 1. The Balaban J connectivity index is 0.000000516. The minimum Gasteiger partial charge on any atom is -0.398 e. The van der Waals surface area contributed by atoms with Crippen molar-refractivity contribution in [2.75, 3.05) is 11.1 Å². The number of anilines is 3. The molecule has 4 rings (SSSR count). The zero-order valence-electron chi connectivity index (χ0n) is 16.5. The standard InChI is InChI=1S/C18H19N5S.C3H8O/c1-10-2-4-13-15(6-10)24-18-16(13)17(21-9-22-18)23-12-3-5-14(20)11(7-12)8-19;1-3(2)4/h3,5,7-10,19H,2,4,6,20H2,1H3,(H,21,22,23);3-4H,1-2H3. The van der Waals surface area contributed by atoms with Crippen LogP contribution in [0.15, 0.2) is 24.5 Å². The first-order chi connectivity index (χ1) is 13.4. The van der Waals surface area contributed by atoms with Gasteiger partial charge >= 0.3 is 0 Å². The second-order valence-electron chi connectivity index (χ2n) is 7.46. The number of rotatable bonds is 3. The summed E-state index contributed by atoms with van der Waals surface area (Å²) in [7, 11) is 0. The van der Waals surface area contributed by atoms with Crippen molar-refractivity contribution in [2.45, 2.75) is 46.1 Å². The molecular formula is C21H27N5OS. The number of benzene rings is 1. The molecule has 7 heteroatoms. The number of nitrogens with zero attached hydrogens (tertiary/aromatic N) is 2. The van der Waals surface area contributed by atoms with Crippen LogP contribution in [0.2, 0.25) is 0 Å². The van der Waals surface area contributed by atoms with Gasteiger partial charge in [0.1, 0.15) is 17.0 Å². The number of aromatic nitrogens is 2. The Morgan fingerprint density at radius 3 is 2.82 bits per heavy atom. The highest BCUT2D eigenvalue weighted by Crippen LogP contribution is 2.40. The average Bonchev–Trinajstić information content (AvgIpc) is 3.01. The van der Waals surface area contributed by atoms with E-state index >= 15 is 0 Å². The van der Waals surface area contributed by atoms with Crippen molar-refractivity contribution in [2.24, 2.45) is 5.92 Å². The Morgan fingerprint density at radius 2 is 2.11 bits per heavy atom. The van der Waals surface area contributed by atoms with E-state index in [1.165, 1.54) is 23.1 Å². The zero-order valence-corrected chi connectivity index (χ0v) is 17.3. The molecule has 1 aliphatic carbocycles. The van der Waals surface area contributed by atoms with Crippen LogP contribution in [0.3, 0.4) is 0 Å². The monoisotopic (exact) mass is 397 g/mol. The summed E-state index contributed by atoms with van der Waals surface area (Å²) in [6.07, 6.45) is 6.16. The molecule has 1 aromatic carbocycles. The summed E-state index contributed by atoms with van der Waals surface area (Å²) in [5.41, 5.74) is 9.45. The molecule has 1 atom stereocenters. The van der Waals surface area contributed by atoms with Crippen LogP contribution in [-0.4, -0.2) is 27.4 Å². The van der Waals surface area contributed by atoms with Crippen molar-refractivity contribution in [3.05, 3.63) is 40.5 Å². The molecule has 5 N–H and O–H groups in total. The molecule has 0 spiro atoms. The van der Waals surface area contributed by atoms with E-state index in [1.807, 2.05) is 18.2 Å². The fraction of sp³-hybridized carbons (Fsp3) is 0.381. The molecule has 6 nitrogen and oxygen atoms in total. The highest BCUT2D eigenvalue weighted by molar-refractivity contribution is 7.19. The molecule has 2 aromatic heterocycles. The lowest BCUT2D eigenvalue weighted by molar-refractivity contribution is 0.216. The maximum atomic E-state index is 8.06. The molecular weight excluding hydrogens is 370 g/mol. The summed E-state index contributed by atoms with van der Waals surface area (Å²) >= 11 is 1.79. The number of thiophene rings is 1. The van der Waals surface area contributed by atoms with E-state index in [-0.39, 0.29) is 6.10 Å².